The highest BCUT2D eigenvalue weighted by molar-refractivity contribution is 9.10. The van der Waals surface area contributed by atoms with Crippen LogP contribution in [-0.4, -0.2) is 15.7 Å². The lowest BCUT2D eigenvalue weighted by Gasteiger charge is -2.08. The second-order valence-corrected chi connectivity index (χ2v) is 5.33. The summed E-state index contributed by atoms with van der Waals surface area (Å²) in [5.41, 5.74) is 3.31. The Balaban J connectivity index is 2.23. The van der Waals surface area contributed by atoms with Crippen LogP contribution in [0.15, 0.2) is 28.7 Å². The third-order valence-corrected chi connectivity index (χ3v) is 3.46. The van der Waals surface area contributed by atoms with E-state index in [1.807, 2.05) is 38.1 Å². The first-order valence-corrected chi connectivity index (χ1v) is 6.91. The number of hydrogen-bond acceptors (Lipinski definition) is 2. The van der Waals surface area contributed by atoms with Gasteiger partial charge in [-0.1, -0.05) is 22.9 Å². The van der Waals surface area contributed by atoms with Crippen LogP contribution in [0.1, 0.15) is 28.7 Å². The first kappa shape index (κ1) is 13.8. The predicted octanol–water partition coefficient (Wildman–Crippen LogP) is 3.31. The van der Waals surface area contributed by atoms with Crippen molar-refractivity contribution in [2.24, 2.45) is 7.05 Å². The SMILES string of the molecule is CCc1cc(C(=O)Nc2ccc(Br)cc2C)n(C)n1. The number of rotatable bonds is 3. The van der Waals surface area contributed by atoms with E-state index in [0.717, 1.165) is 27.8 Å². The molecule has 0 bridgehead atoms. The molecule has 0 aliphatic carbocycles. The third-order valence-electron chi connectivity index (χ3n) is 2.96. The molecule has 1 heterocycles. The quantitative estimate of drug-likeness (QED) is 0.942. The van der Waals surface area contributed by atoms with Crippen molar-refractivity contribution >= 4 is 27.5 Å². The highest BCUT2D eigenvalue weighted by Gasteiger charge is 2.13. The maximum absolute atomic E-state index is 12.2. The maximum atomic E-state index is 12.2. The Hall–Kier alpha value is -1.62. The van der Waals surface area contributed by atoms with E-state index in [1.165, 1.54) is 0 Å². The number of halogens is 1. The average Bonchev–Trinajstić information content (AvgIpc) is 2.74. The Labute approximate surface area is 120 Å². The number of amides is 1. The summed E-state index contributed by atoms with van der Waals surface area (Å²) in [6.07, 6.45) is 0.818. The predicted molar refractivity (Wildman–Crippen MR) is 79.4 cm³/mol. The van der Waals surface area contributed by atoms with Gasteiger partial charge in [-0.3, -0.25) is 9.48 Å². The van der Waals surface area contributed by atoms with Crippen molar-refractivity contribution < 1.29 is 4.79 Å². The number of carbonyl (C=O) groups is 1. The fourth-order valence-electron chi connectivity index (χ4n) is 1.87. The molecule has 0 saturated carbocycles. The Bertz CT molecular complexity index is 619. The van der Waals surface area contributed by atoms with Gasteiger partial charge >= 0.3 is 0 Å². The van der Waals surface area contributed by atoms with Crippen LogP contribution in [0.25, 0.3) is 0 Å². The summed E-state index contributed by atoms with van der Waals surface area (Å²) < 4.78 is 2.61. The monoisotopic (exact) mass is 321 g/mol. The van der Waals surface area contributed by atoms with Crippen molar-refractivity contribution in [2.45, 2.75) is 20.3 Å². The molecular formula is C14H16BrN3O. The molecule has 2 aromatic rings. The molecule has 0 unspecified atom stereocenters. The van der Waals surface area contributed by atoms with E-state index in [4.69, 9.17) is 0 Å². The van der Waals surface area contributed by atoms with Crippen molar-refractivity contribution in [3.8, 4) is 0 Å². The number of hydrogen-bond donors (Lipinski definition) is 1. The van der Waals surface area contributed by atoms with Gasteiger partial charge in [0, 0.05) is 17.2 Å². The number of nitrogens with zero attached hydrogens (tertiary/aromatic N) is 2. The number of nitrogens with one attached hydrogen (secondary N) is 1. The number of benzene rings is 1. The minimum Gasteiger partial charge on any atom is -0.320 e. The molecule has 1 N–H and O–H groups in total. The first-order chi connectivity index (χ1) is 9.01. The minimum atomic E-state index is -0.139. The van der Waals surface area contributed by atoms with Crippen LogP contribution in [-0.2, 0) is 13.5 Å². The number of aryl methyl sites for hydroxylation is 3. The Morgan fingerprint density at radius 3 is 2.74 bits per heavy atom. The molecule has 0 aliphatic rings. The van der Waals surface area contributed by atoms with Crippen molar-refractivity contribution in [1.82, 2.24) is 9.78 Å². The lowest BCUT2D eigenvalue weighted by atomic mass is 10.2. The Morgan fingerprint density at radius 2 is 2.16 bits per heavy atom. The van der Waals surface area contributed by atoms with E-state index >= 15 is 0 Å². The molecule has 100 valence electrons. The molecule has 5 heteroatoms. The summed E-state index contributed by atoms with van der Waals surface area (Å²) >= 11 is 3.40. The lowest BCUT2D eigenvalue weighted by molar-refractivity contribution is 0.101. The van der Waals surface area contributed by atoms with E-state index < -0.39 is 0 Å². The van der Waals surface area contributed by atoms with Gasteiger partial charge < -0.3 is 5.32 Å². The Kier molecular flexibility index (Phi) is 4.04. The van der Waals surface area contributed by atoms with E-state index in [-0.39, 0.29) is 5.91 Å². The average molecular weight is 322 g/mol. The molecule has 0 atom stereocenters. The molecule has 1 aromatic heterocycles. The van der Waals surface area contributed by atoms with Crippen LogP contribution in [0.2, 0.25) is 0 Å². The summed E-state index contributed by atoms with van der Waals surface area (Å²) in [4.78, 5) is 12.2. The molecule has 1 aromatic carbocycles. The molecule has 2 rings (SSSR count). The zero-order chi connectivity index (χ0) is 14.0. The minimum absolute atomic E-state index is 0.139. The third kappa shape index (κ3) is 3.04. The van der Waals surface area contributed by atoms with Crippen molar-refractivity contribution in [3.05, 3.63) is 45.7 Å². The second-order valence-electron chi connectivity index (χ2n) is 4.41. The van der Waals surface area contributed by atoms with Crippen molar-refractivity contribution in [3.63, 3.8) is 0 Å². The molecule has 0 radical (unpaired) electrons. The zero-order valence-electron chi connectivity index (χ0n) is 11.2. The van der Waals surface area contributed by atoms with Crippen LogP contribution < -0.4 is 5.32 Å². The van der Waals surface area contributed by atoms with Gasteiger partial charge in [-0.15, -0.1) is 0 Å². The van der Waals surface area contributed by atoms with Crippen LogP contribution >= 0.6 is 15.9 Å². The van der Waals surface area contributed by atoms with Gasteiger partial charge in [0.05, 0.1) is 5.69 Å². The molecule has 0 saturated heterocycles. The summed E-state index contributed by atoms with van der Waals surface area (Å²) in [5, 5.41) is 7.19. The standard InChI is InChI=1S/C14H16BrN3O/c1-4-11-8-13(18(3)17-11)14(19)16-12-6-5-10(15)7-9(12)2/h5-8H,4H2,1-3H3,(H,16,19). The Morgan fingerprint density at radius 1 is 1.42 bits per heavy atom. The van der Waals surface area contributed by atoms with Gasteiger partial charge in [-0.2, -0.15) is 5.10 Å². The van der Waals surface area contributed by atoms with Gasteiger partial charge in [-0.25, -0.2) is 0 Å². The van der Waals surface area contributed by atoms with Crippen LogP contribution in [0.5, 0.6) is 0 Å². The molecule has 1 amide bonds. The second kappa shape index (κ2) is 5.57. The van der Waals surface area contributed by atoms with Crippen LogP contribution in [0, 0.1) is 6.92 Å². The topological polar surface area (TPSA) is 46.9 Å². The van der Waals surface area contributed by atoms with Gasteiger partial charge in [0.2, 0.25) is 0 Å². The summed E-state index contributed by atoms with van der Waals surface area (Å²) in [7, 11) is 1.78. The van der Waals surface area contributed by atoms with Gasteiger partial charge in [0.1, 0.15) is 5.69 Å². The van der Waals surface area contributed by atoms with Crippen molar-refractivity contribution in [1.29, 1.82) is 0 Å². The number of anilines is 1. The molecular weight excluding hydrogens is 306 g/mol. The van der Waals surface area contributed by atoms with Gasteiger partial charge in [0.25, 0.3) is 5.91 Å². The summed E-state index contributed by atoms with van der Waals surface area (Å²) in [6.45, 7) is 3.98. The number of aromatic nitrogens is 2. The fourth-order valence-corrected chi connectivity index (χ4v) is 2.34. The van der Waals surface area contributed by atoms with Crippen LogP contribution in [0.4, 0.5) is 5.69 Å². The zero-order valence-corrected chi connectivity index (χ0v) is 12.8. The normalized spacial score (nSPS) is 10.5. The van der Waals surface area contributed by atoms with E-state index in [9.17, 15) is 4.79 Å². The molecule has 19 heavy (non-hydrogen) atoms. The molecule has 4 nitrogen and oxygen atoms in total. The van der Waals surface area contributed by atoms with E-state index in [0.29, 0.717) is 5.69 Å². The molecule has 0 spiro atoms. The molecule has 0 fully saturated rings. The highest BCUT2D eigenvalue weighted by atomic mass is 79.9. The first-order valence-electron chi connectivity index (χ1n) is 6.11. The molecule has 0 aliphatic heterocycles. The van der Waals surface area contributed by atoms with Crippen LogP contribution in [0.3, 0.4) is 0 Å². The number of carbonyl (C=O) groups excluding carboxylic acids is 1. The smallest absolute Gasteiger partial charge is 0.273 e. The fraction of sp³-hybridized carbons (Fsp3) is 0.286. The maximum Gasteiger partial charge on any atom is 0.273 e. The van der Waals surface area contributed by atoms with Crippen molar-refractivity contribution in [2.75, 3.05) is 5.32 Å². The largest absolute Gasteiger partial charge is 0.320 e. The van der Waals surface area contributed by atoms with Gasteiger partial charge in [-0.05, 0) is 43.2 Å². The van der Waals surface area contributed by atoms with E-state index in [1.54, 1.807) is 11.7 Å². The summed E-state index contributed by atoms with van der Waals surface area (Å²) in [6, 6.07) is 7.58. The summed E-state index contributed by atoms with van der Waals surface area (Å²) in [5.74, 6) is -0.139. The van der Waals surface area contributed by atoms with E-state index in [2.05, 4.69) is 26.3 Å². The highest BCUT2D eigenvalue weighted by Crippen LogP contribution is 2.20. The van der Waals surface area contributed by atoms with Gasteiger partial charge in [0.15, 0.2) is 0 Å². The lowest BCUT2D eigenvalue weighted by Crippen LogP contribution is -2.16.